The maximum Gasteiger partial charge on any atom is 0.253 e. The van der Waals surface area contributed by atoms with E-state index in [0.29, 0.717) is 6.04 Å². The predicted molar refractivity (Wildman–Crippen MR) is 134 cm³/mol. The lowest BCUT2D eigenvalue weighted by molar-refractivity contribution is -0.694. The van der Waals surface area contributed by atoms with Crippen LogP contribution in [-0.2, 0) is 16.8 Å². The molecule has 0 radical (unpaired) electrons. The van der Waals surface area contributed by atoms with Crippen molar-refractivity contribution in [3.8, 4) is 0 Å². The topological polar surface area (TPSA) is 51.9 Å². The molecule has 0 spiro atoms. The van der Waals surface area contributed by atoms with Crippen LogP contribution in [0.5, 0.6) is 0 Å². The Hall–Kier alpha value is -3.66. The van der Waals surface area contributed by atoms with Gasteiger partial charge in [0.1, 0.15) is 30.4 Å². The number of benzene rings is 3. The van der Waals surface area contributed by atoms with Crippen LogP contribution in [0.2, 0.25) is 0 Å². The molecule has 34 heavy (non-hydrogen) atoms. The van der Waals surface area contributed by atoms with Gasteiger partial charge in [0.15, 0.2) is 0 Å². The Labute approximate surface area is 201 Å². The van der Waals surface area contributed by atoms with Gasteiger partial charge in [-0.1, -0.05) is 91.0 Å². The average molecular weight is 451 g/mol. The minimum absolute atomic E-state index is 0.129. The summed E-state index contributed by atoms with van der Waals surface area (Å²) in [6.07, 6.45) is 7.26. The Balaban J connectivity index is 1.48. The van der Waals surface area contributed by atoms with E-state index in [9.17, 15) is 4.79 Å². The molecule has 4 nitrogen and oxygen atoms in total. The van der Waals surface area contributed by atoms with Crippen molar-refractivity contribution in [2.45, 2.75) is 44.2 Å². The van der Waals surface area contributed by atoms with Gasteiger partial charge in [0.25, 0.3) is 5.82 Å². The van der Waals surface area contributed by atoms with E-state index < -0.39 is 5.41 Å². The number of nitrogens with zero attached hydrogens (tertiary/aromatic N) is 2. The average Bonchev–Trinajstić information content (AvgIpc) is 3.49. The van der Waals surface area contributed by atoms with E-state index in [4.69, 9.17) is 5.73 Å². The normalized spacial score (nSPS) is 18.1. The van der Waals surface area contributed by atoms with Gasteiger partial charge in [-0.3, -0.25) is 4.79 Å². The number of aromatic nitrogens is 2. The Morgan fingerprint density at radius 2 is 1.47 bits per heavy atom. The maximum atomic E-state index is 13.3. The fourth-order valence-corrected chi connectivity index (χ4v) is 5.98. The van der Waals surface area contributed by atoms with Crippen molar-refractivity contribution in [1.29, 1.82) is 0 Å². The summed E-state index contributed by atoms with van der Waals surface area (Å²) in [4.78, 5) is 13.3. The second-order valence-electron chi connectivity index (χ2n) is 9.43. The predicted octanol–water partition coefficient (Wildman–Crippen LogP) is 4.95. The SMILES string of the molecule is Cc1n([C@@H]2CC[C@H](C(C(N)=O)(c3ccccc3)c3ccccc3)C2)cc[n+]1Cc1ccccc1. The smallest absolute Gasteiger partial charge is 0.253 e. The minimum Gasteiger partial charge on any atom is -0.369 e. The monoisotopic (exact) mass is 450 g/mol. The van der Waals surface area contributed by atoms with Crippen LogP contribution >= 0.6 is 0 Å². The third-order valence-electron chi connectivity index (χ3n) is 7.65. The molecule has 2 N–H and O–H groups in total. The first kappa shape index (κ1) is 22.1. The largest absolute Gasteiger partial charge is 0.369 e. The number of carbonyl (C=O) groups excluding carboxylic acids is 1. The summed E-state index contributed by atoms with van der Waals surface area (Å²) in [7, 11) is 0. The van der Waals surface area contributed by atoms with Gasteiger partial charge in [0, 0.05) is 6.92 Å². The van der Waals surface area contributed by atoms with Crippen LogP contribution in [0.3, 0.4) is 0 Å². The van der Waals surface area contributed by atoms with Gasteiger partial charge >= 0.3 is 0 Å². The molecule has 1 aromatic heterocycles. The zero-order chi connectivity index (χ0) is 23.5. The van der Waals surface area contributed by atoms with Crippen LogP contribution in [0.15, 0.2) is 103 Å². The Bertz CT molecular complexity index is 1210. The van der Waals surface area contributed by atoms with E-state index in [1.54, 1.807) is 0 Å². The zero-order valence-corrected chi connectivity index (χ0v) is 19.7. The highest BCUT2D eigenvalue weighted by atomic mass is 16.1. The molecular formula is C30H32N3O+. The second-order valence-corrected chi connectivity index (χ2v) is 9.43. The molecule has 4 aromatic rings. The molecule has 0 bridgehead atoms. The van der Waals surface area contributed by atoms with E-state index >= 15 is 0 Å². The number of nitrogens with two attached hydrogens (primary N) is 1. The summed E-state index contributed by atoms with van der Waals surface area (Å²) in [5.74, 6) is 1.10. The molecule has 2 atom stereocenters. The highest BCUT2D eigenvalue weighted by Gasteiger charge is 2.51. The lowest BCUT2D eigenvalue weighted by atomic mass is 9.64. The quantitative estimate of drug-likeness (QED) is 0.398. The Kier molecular flexibility index (Phi) is 6.06. The minimum atomic E-state index is -0.835. The van der Waals surface area contributed by atoms with Crippen LogP contribution < -0.4 is 10.3 Å². The van der Waals surface area contributed by atoms with E-state index in [0.717, 1.165) is 36.9 Å². The van der Waals surface area contributed by atoms with Crippen molar-refractivity contribution >= 4 is 5.91 Å². The molecule has 4 heteroatoms. The van der Waals surface area contributed by atoms with Crippen LogP contribution in [0.25, 0.3) is 0 Å². The number of imidazole rings is 1. The molecule has 1 aliphatic carbocycles. The molecule has 1 aliphatic rings. The van der Waals surface area contributed by atoms with Crippen molar-refractivity contribution < 1.29 is 9.36 Å². The molecular weight excluding hydrogens is 418 g/mol. The maximum absolute atomic E-state index is 13.3. The van der Waals surface area contributed by atoms with Gasteiger partial charge in [0.05, 0.1) is 0 Å². The summed E-state index contributed by atoms with van der Waals surface area (Å²) < 4.78 is 4.70. The molecule has 0 unspecified atom stereocenters. The van der Waals surface area contributed by atoms with E-state index in [-0.39, 0.29) is 11.8 Å². The molecule has 1 amide bonds. The van der Waals surface area contributed by atoms with Crippen molar-refractivity contribution in [2.75, 3.05) is 0 Å². The number of carbonyl (C=O) groups is 1. The highest BCUT2D eigenvalue weighted by Crippen LogP contribution is 2.49. The van der Waals surface area contributed by atoms with Crippen LogP contribution in [0, 0.1) is 12.8 Å². The Morgan fingerprint density at radius 1 is 0.912 bits per heavy atom. The standard InChI is InChI=1S/C30H31N3O/c1-23-32(22-24-11-5-2-6-12-24)19-20-33(23)28-18-17-27(21-28)30(29(31)34,25-13-7-3-8-14-25)26-15-9-4-10-16-26/h2-16,19-20,27-28H,17-18,21-22H2,1H3,(H-,31,34)/p+1/t27-,28+/m0/s1. The molecule has 0 saturated heterocycles. The van der Waals surface area contributed by atoms with Crippen LogP contribution in [0.1, 0.15) is 47.8 Å². The molecule has 172 valence electrons. The first-order valence-corrected chi connectivity index (χ1v) is 12.1. The summed E-state index contributed by atoms with van der Waals surface area (Å²) in [5, 5.41) is 0. The van der Waals surface area contributed by atoms with Gasteiger partial charge in [-0.2, -0.15) is 0 Å². The lowest BCUT2D eigenvalue weighted by Crippen LogP contribution is -2.47. The molecule has 1 saturated carbocycles. The number of hydrogen-bond donors (Lipinski definition) is 1. The van der Waals surface area contributed by atoms with Gasteiger partial charge in [0.2, 0.25) is 5.91 Å². The third kappa shape index (κ3) is 3.83. The van der Waals surface area contributed by atoms with Crippen molar-refractivity contribution in [1.82, 2.24) is 4.57 Å². The molecule has 0 aliphatic heterocycles. The van der Waals surface area contributed by atoms with Crippen LogP contribution in [-0.4, -0.2) is 10.5 Å². The van der Waals surface area contributed by atoms with Gasteiger partial charge < -0.3 is 5.73 Å². The van der Waals surface area contributed by atoms with Gasteiger partial charge in [-0.25, -0.2) is 9.13 Å². The molecule has 1 heterocycles. The highest BCUT2D eigenvalue weighted by molar-refractivity contribution is 5.91. The first-order valence-electron chi connectivity index (χ1n) is 12.1. The number of hydrogen-bond acceptors (Lipinski definition) is 1. The van der Waals surface area contributed by atoms with Gasteiger partial charge in [-0.15, -0.1) is 0 Å². The molecule has 5 rings (SSSR count). The van der Waals surface area contributed by atoms with Crippen molar-refractivity contribution in [3.05, 3.63) is 126 Å². The Morgan fingerprint density at radius 3 is 2.03 bits per heavy atom. The molecule has 3 aromatic carbocycles. The zero-order valence-electron chi connectivity index (χ0n) is 19.7. The van der Waals surface area contributed by atoms with E-state index in [1.165, 1.54) is 11.4 Å². The number of primary amides is 1. The second kappa shape index (κ2) is 9.30. The molecule has 1 fully saturated rings. The van der Waals surface area contributed by atoms with E-state index in [1.807, 2.05) is 36.4 Å². The van der Waals surface area contributed by atoms with E-state index in [2.05, 4.69) is 83.0 Å². The third-order valence-corrected chi connectivity index (χ3v) is 7.65. The van der Waals surface area contributed by atoms with Crippen molar-refractivity contribution in [3.63, 3.8) is 0 Å². The fourth-order valence-electron chi connectivity index (χ4n) is 5.98. The summed E-state index contributed by atoms with van der Waals surface area (Å²) in [6.45, 7) is 3.04. The van der Waals surface area contributed by atoms with Crippen molar-refractivity contribution in [2.24, 2.45) is 11.7 Å². The fraction of sp³-hybridized carbons (Fsp3) is 0.267. The summed E-state index contributed by atoms with van der Waals surface area (Å²) in [5.41, 5.74) is 8.70. The number of rotatable bonds is 7. The number of amides is 1. The van der Waals surface area contributed by atoms with Gasteiger partial charge in [-0.05, 0) is 41.9 Å². The summed E-state index contributed by atoms with van der Waals surface area (Å²) >= 11 is 0. The first-order chi connectivity index (χ1) is 16.6. The summed E-state index contributed by atoms with van der Waals surface area (Å²) in [6, 6.07) is 31.1. The lowest BCUT2D eigenvalue weighted by Gasteiger charge is -2.37. The van der Waals surface area contributed by atoms with Crippen LogP contribution in [0.4, 0.5) is 0 Å².